The molecule has 2 rings (SSSR count). The molecule has 0 bridgehead atoms. The van der Waals surface area contributed by atoms with Crippen molar-refractivity contribution in [1.82, 2.24) is 5.32 Å². The molecule has 0 fully saturated rings. The number of carbonyl (C=O) groups excluding carboxylic acids is 2. The van der Waals surface area contributed by atoms with Crippen LogP contribution in [0.15, 0.2) is 18.2 Å². The van der Waals surface area contributed by atoms with Gasteiger partial charge in [0.1, 0.15) is 18.2 Å². The van der Waals surface area contributed by atoms with Crippen LogP contribution >= 0.6 is 0 Å². The fourth-order valence-corrected chi connectivity index (χ4v) is 2.15. The standard InChI is InChI=1S/C13H15N3O5/c1-7(15-13(14)20)11(17)16-5-6-21-10-8(12(18)19)3-2-4-9(10)16/h2-4,7H,5-6H2,1H3,(H,18,19)(H3,14,15,20). The van der Waals surface area contributed by atoms with Gasteiger partial charge in [-0.3, -0.25) is 4.79 Å². The summed E-state index contributed by atoms with van der Waals surface area (Å²) in [5, 5.41) is 11.4. The van der Waals surface area contributed by atoms with Gasteiger partial charge < -0.3 is 25.8 Å². The van der Waals surface area contributed by atoms with Gasteiger partial charge in [-0.2, -0.15) is 0 Å². The van der Waals surface area contributed by atoms with E-state index in [9.17, 15) is 14.4 Å². The first-order chi connectivity index (χ1) is 9.91. The van der Waals surface area contributed by atoms with Gasteiger partial charge in [0.25, 0.3) is 0 Å². The van der Waals surface area contributed by atoms with Gasteiger partial charge in [-0.1, -0.05) is 6.07 Å². The van der Waals surface area contributed by atoms with Crippen LogP contribution in [0.5, 0.6) is 5.75 Å². The highest BCUT2D eigenvalue weighted by Crippen LogP contribution is 2.35. The van der Waals surface area contributed by atoms with Gasteiger partial charge in [0, 0.05) is 0 Å². The van der Waals surface area contributed by atoms with Gasteiger partial charge in [-0.25, -0.2) is 9.59 Å². The lowest BCUT2D eigenvalue weighted by Gasteiger charge is -2.32. The van der Waals surface area contributed by atoms with Gasteiger partial charge in [0.15, 0.2) is 5.75 Å². The molecule has 1 unspecified atom stereocenters. The number of para-hydroxylation sites is 1. The van der Waals surface area contributed by atoms with Crippen molar-refractivity contribution >= 4 is 23.6 Å². The summed E-state index contributed by atoms with van der Waals surface area (Å²) in [4.78, 5) is 35.7. The minimum Gasteiger partial charge on any atom is -0.489 e. The number of carbonyl (C=O) groups is 3. The molecule has 1 aliphatic rings. The lowest BCUT2D eigenvalue weighted by atomic mass is 10.1. The lowest BCUT2D eigenvalue weighted by molar-refractivity contribution is -0.120. The van der Waals surface area contributed by atoms with E-state index in [1.54, 1.807) is 6.07 Å². The molecule has 1 aliphatic heterocycles. The number of aromatic carboxylic acids is 1. The monoisotopic (exact) mass is 293 g/mol. The Bertz CT molecular complexity index is 601. The molecule has 21 heavy (non-hydrogen) atoms. The number of nitrogens with zero attached hydrogens (tertiary/aromatic N) is 1. The van der Waals surface area contributed by atoms with E-state index in [1.807, 2.05) is 0 Å². The van der Waals surface area contributed by atoms with Crippen LogP contribution in [0.2, 0.25) is 0 Å². The molecule has 0 saturated carbocycles. The van der Waals surface area contributed by atoms with Crippen molar-refractivity contribution in [3.8, 4) is 5.75 Å². The van der Waals surface area contributed by atoms with Crippen molar-refractivity contribution < 1.29 is 24.2 Å². The maximum atomic E-state index is 12.3. The third-order valence-electron chi connectivity index (χ3n) is 3.07. The molecule has 0 radical (unpaired) electrons. The van der Waals surface area contributed by atoms with Gasteiger partial charge >= 0.3 is 12.0 Å². The summed E-state index contributed by atoms with van der Waals surface area (Å²) >= 11 is 0. The van der Waals surface area contributed by atoms with Crippen molar-refractivity contribution in [2.75, 3.05) is 18.1 Å². The number of primary amides is 1. The molecular weight excluding hydrogens is 278 g/mol. The molecule has 8 nitrogen and oxygen atoms in total. The Kier molecular flexibility index (Phi) is 3.97. The van der Waals surface area contributed by atoms with Crippen molar-refractivity contribution in [1.29, 1.82) is 0 Å². The van der Waals surface area contributed by atoms with E-state index in [2.05, 4.69) is 5.32 Å². The summed E-state index contributed by atoms with van der Waals surface area (Å²) in [6.45, 7) is 1.94. The van der Waals surface area contributed by atoms with Crippen molar-refractivity contribution in [2.45, 2.75) is 13.0 Å². The first-order valence-corrected chi connectivity index (χ1v) is 6.28. The number of nitrogens with one attached hydrogen (secondary N) is 1. The zero-order chi connectivity index (χ0) is 15.6. The van der Waals surface area contributed by atoms with Crippen LogP contribution in [0.3, 0.4) is 0 Å². The van der Waals surface area contributed by atoms with E-state index >= 15 is 0 Å². The number of hydrogen-bond donors (Lipinski definition) is 3. The smallest absolute Gasteiger partial charge is 0.339 e. The Labute approximate surface area is 120 Å². The van der Waals surface area contributed by atoms with Crippen LogP contribution in [0, 0.1) is 0 Å². The van der Waals surface area contributed by atoms with E-state index in [0.717, 1.165) is 0 Å². The van der Waals surface area contributed by atoms with Crippen LogP contribution in [0.4, 0.5) is 10.5 Å². The Morgan fingerprint density at radius 1 is 1.43 bits per heavy atom. The summed E-state index contributed by atoms with van der Waals surface area (Å²) < 4.78 is 5.37. The predicted molar refractivity (Wildman–Crippen MR) is 73.4 cm³/mol. The number of rotatable bonds is 3. The molecule has 3 amide bonds. The molecule has 1 aromatic carbocycles. The van der Waals surface area contributed by atoms with Crippen molar-refractivity contribution in [3.05, 3.63) is 23.8 Å². The van der Waals surface area contributed by atoms with Crippen LogP contribution < -0.4 is 20.7 Å². The first-order valence-electron chi connectivity index (χ1n) is 6.28. The number of urea groups is 1. The van der Waals surface area contributed by atoms with Crippen LogP contribution in [0.25, 0.3) is 0 Å². The fraction of sp³-hybridized carbons (Fsp3) is 0.308. The Morgan fingerprint density at radius 3 is 2.76 bits per heavy atom. The molecule has 0 saturated heterocycles. The van der Waals surface area contributed by atoms with Crippen molar-refractivity contribution in [3.63, 3.8) is 0 Å². The zero-order valence-corrected chi connectivity index (χ0v) is 11.3. The average Bonchev–Trinajstić information content (AvgIpc) is 2.44. The minimum absolute atomic E-state index is 0.0134. The van der Waals surface area contributed by atoms with Gasteiger partial charge in [0.2, 0.25) is 5.91 Å². The van der Waals surface area contributed by atoms with Crippen LogP contribution in [0.1, 0.15) is 17.3 Å². The highest BCUT2D eigenvalue weighted by atomic mass is 16.5. The predicted octanol–water partition coefficient (Wildman–Crippen LogP) is 0.167. The fourth-order valence-electron chi connectivity index (χ4n) is 2.15. The number of ether oxygens (including phenoxy) is 1. The number of anilines is 1. The van der Waals surface area contributed by atoms with Gasteiger partial charge in [0.05, 0.1) is 12.2 Å². The molecule has 1 aromatic rings. The quantitative estimate of drug-likeness (QED) is 0.733. The first kappa shape index (κ1) is 14.6. The third kappa shape index (κ3) is 2.88. The van der Waals surface area contributed by atoms with E-state index in [-0.39, 0.29) is 30.4 Å². The molecule has 0 aliphatic carbocycles. The molecule has 0 aromatic heterocycles. The summed E-state index contributed by atoms with van der Waals surface area (Å²) in [5.41, 5.74) is 5.35. The molecular formula is C13H15N3O5. The number of carboxylic acid groups (broad SMARTS) is 1. The topological polar surface area (TPSA) is 122 Å². The number of carboxylic acids is 1. The normalized spacial score (nSPS) is 14.6. The van der Waals surface area contributed by atoms with E-state index < -0.39 is 18.0 Å². The lowest BCUT2D eigenvalue weighted by Crippen LogP contribution is -2.50. The molecule has 112 valence electrons. The third-order valence-corrected chi connectivity index (χ3v) is 3.07. The zero-order valence-electron chi connectivity index (χ0n) is 11.3. The summed E-state index contributed by atoms with van der Waals surface area (Å²) in [5.74, 6) is -1.37. The van der Waals surface area contributed by atoms with Crippen molar-refractivity contribution in [2.24, 2.45) is 5.73 Å². The Morgan fingerprint density at radius 2 is 2.14 bits per heavy atom. The van der Waals surface area contributed by atoms with E-state index in [0.29, 0.717) is 5.69 Å². The maximum absolute atomic E-state index is 12.3. The second-order valence-corrected chi connectivity index (χ2v) is 4.53. The van der Waals surface area contributed by atoms with E-state index in [4.69, 9.17) is 15.6 Å². The van der Waals surface area contributed by atoms with Gasteiger partial charge in [-0.05, 0) is 19.1 Å². The number of fused-ring (bicyclic) bond motifs is 1. The van der Waals surface area contributed by atoms with Gasteiger partial charge in [-0.15, -0.1) is 0 Å². The Hall–Kier alpha value is -2.77. The number of hydrogen-bond acceptors (Lipinski definition) is 4. The summed E-state index contributed by atoms with van der Waals surface area (Å²) in [6, 6.07) is 2.91. The second-order valence-electron chi connectivity index (χ2n) is 4.53. The number of amides is 3. The summed E-state index contributed by atoms with van der Waals surface area (Å²) in [6.07, 6.45) is 0. The number of nitrogens with two attached hydrogens (primary N) is 1. The minimum atomic E-state index is -1.13. The second kappa shape index (κ2) is 5.70. The average molecular weight is 293 g/mol. The highest BCUT2D eigenvalue weighted by Gasteiger charge is 2.30. The molecule has 0 spiro atoms. The van der Waals surface area contributed by atoms with Crippen LogP contribution in [-0.2, 0) is 4.79 Å². The molecule has 1 atom stereocenters. The Balaban J connectivity index is 2.34. The molecule has 8 heteroatoms. The largest absolute Gasteiger partial charge is 0.489 e. The maximum Gasteiger partial charge on any atom is 0.339 e. The number of benzene rings is 1. The highest BCUT2D eigenvalue weighted by molar-refractivity contribution is 6.02. The summed E-state index contributed by atoms with van der Waals surface area (Å²) in [7, 11) is 0. The SMILES string of the molecule is CC(NC(N)=O)C(=O)N1CCOc2c(C(=O)O)cccc21. The van der Waals surface area contributed by atoms with E-state index in [1.165, 1.54) is 24.0 Å². The van der Waals surface area contributed by atoms with Crippen LogP contribution in [-0.4, -0.2) is 42.2 Å². The molecule has 1 heterocycles. The molecule has 4 N–H and O–H groups in total.